The number of fused-ring (bicyclic) bond motifs is 1. The fraction of sp³-hybridized carbons (Fsp3) is 0.375. The Hall–Kier alpha value is -2.60. The maximum Gasteiger partial charge on any atom is 0.237 e. The van der Waals surface area contributed by atoms with Crippen LogP contribution in [0.25, 0.3) is 11.4 Å². The van der Waals surface area contributed by atoms with Gasteiger partial charge in [-0.2, -0.15) is 0 Å². The lowest BCUT2D eigenvalue weighted by molar-refractivity contribution is -0.115. The maximum absolute atomic E-state index is 13.0. The molecule has 5 nitrogen and oxygen atoms in total. The minimum atomic E-state index is -0.174. The van der Waals surface area contributed by atoms with Crippen LogP contribution in [0.3, 0.4) is 0 Å². The molecular weight excluding hydrogens is 392 g/mol. The molecule has 0 spiro atoms. The Balaban J connectivity index is 1.45. The molecule has 0 bridgehead atoms. The van der Waals surface area contributed by atoms with E-state index in [4.69, 9.17) is 0 Å². The van der Waals surface area contributed by atoms with Gasteiger partial charge in [0.25, 0.3) is 0 Å². The molecule has 1 amide bonds. The van der Waals surface area contributed by atoms with Gasteiger partial charge in [0.15, 0.2) is 11.0 Å². The summed E-state index contributed by atoms with van der Waals surface area (Å²) in [5.74, 6) is 0.978. The van der Waals surface area contributed by atoms with E-state index in [2.05, 4.69) is 38.3 Å². The molecule has 3 aromatic rings. The van der Waals surface area contributed by atoms with Crippen LogP contribution in [0.1, 0.15) is 50.1 Å². The van der Waals surface area contributed by atoms with Gasteiger partial charge in [0.1, 0.15) is 0 Å². The predicted octanol–water partition coefficient (Wildman–Crippen LogP) is 5.50. The zero-order valence-corrected chi connectivity index (χ0v) is 17.8. The molecule has 30 heavy (non-hydrogen) atoms. The van der Waals surface area contributed by atoms with Crippen molar-refractivity contribution in [2.24, 2.45) is 0 Å². The number of hydrogen-bond donors (Lipinski definition) is 1. The Bertz CT molecular complexity index is 1030. The van der Waals surface area contributed by atoms with Crippen molar-refractivity contribution in [2.45, 2.75) is 61.4 Å². The quantitative estimate of drug-likeness (QED) is 0.608. The molecule has 0 saturated heterocycles. The van der Waals surface area contributed by atoms with Gasteiger partial charge in [-0.3, -0.25) is 9.36 Å². The normalized spacial score (nSPS) is 19.7. The molecule has 1 fully saturated rings. The average molecular weight is 419 g/mol. The zero-order chi connectivity index (χ0) is 20.3. The van der Waals surface area contributed by atoms with Crippen LogP contribution in [0.2, 0.25) is 0 Å². The third-order valence-electron chi connectivity index (χ3n) is 6.13. The SMILES string of the molecule is O=C1Nc2ccccc2CC[C@H]1Sc1nnc(-c2ccccc2)n1C1CCCCC1. The zero-order valence-electron chi connectivity index (χ0n) is 17.0. The van der Waals surface area contributed by atoms with Crippen molar-refractivity contribution in [3.05, 3.63) is 60.2 Å². The van der Waals surface area contributed by atoms with Gasteiger partial charge in [0.05, 0.1) is 5.25 Å². The number of nitrogens with zero attached hydrogens (tertiary/aromatic N) is 3. The van der Waals surface area contributed by atoms with E-state index in [1.165, 1.54) is 24.8 Å². The largest absolute Gasteiger partial charge is 0.325 e. The minimum Gasteiger partial charge on any atom is -0.325 e. The highest BCUT2D eigenvalue weighted by molar-refractivity contribution is 8.00. The Kier molecular flexibility index (Phi) is 5.58. The monoisotopic (exact) mass is 418 g/mol. The number of aryl methyl sites for hydroxylation is 1. The van der Waals surface area contributed by atoms with Crippen molar-refractivity contribution in [2.75, 3.05) is 5.32 Å². The third-order valence-corrected chi connectivity index (χ3v) is 7.35. The van der Waals surface area contributed by atoms with Crippen molar-refractivity contribution in [1.82, 2.24) is 14.8 Å². The number of benzene rings is 2. The van der Waals surface area contributed by atoms with Gasteiger partial charge in [-0.05, 0) is 37.3 Å². The Morgan fingerprint density at radius 1 is 0.900 bits per heavy atom. The number of aromatic nitrogens is 3. The molecule has 1 atom stereocenters. The van der Waals surface area contributed by atoms with Crippen molar-refractivity contribution < 1.29 is 4.79 Å². The number of carbonyl (C=O) groups is 1. The van der Waals surface area contributed by atoms with E-state index >= 15 is 0 Å². The molecule has 154 valence electrons. The van der Waals surface area contributed by atoms with E-state index in [9.17, 15) is 4.79 Å². The molecule has 1 aromatic heterocycles. The molecule has 2 aromatic carbocycles. The van der Waals surface area contributed by atoms with Crippen molar-refractivity contribution >= 4 is 23.4 Å². The molecule has 2 aliphatic rings. The number of amides is 1. The summed E-state index contributed by atoms with van der Waals surface area (Å²) in [5, 5.41) is 13.0. The highest BCUT2D eigenvalue weighted by Gasteiger charge is 2.29. The van der Waals surface area contributed by atoms with Gasteiger partial charge in [-0.25, -0.2) is 0 Å². The van der Waals surface area contributed by atoms with Crippen molar-refractivity contribution in [3.63, 3.8) is 0 Å². The molecule has 1 N–H and O–H groups in total. The number of nitrogens with one attached hydrogen (secondary N) is 1. The number of anilines is 1. The van der Waals surface area contributed by atoms with Crippen LogP contribution in [0, 0.1) is 0 Å². The topological polar surface area (TPSA) is 59.8 Å². The second-order valence-electron chi connectivity index (χ2n) is 8.13. The summed E-state index contributed by atoms with van der Waals surface area (Å²) in [4.78, 5) is 13.0. The van der Waals surface area contributed by atoms with Crippen LogP contribution in [0.15, 0.2) is 59.8 Å². The molecule has 1 saturated carbocycles. The van der Waals surface area contributed by atoms with E-state index in [0.717, 1.165) is 47.9 Å². The fourth-order valence-corrected chi connectivity index (χ4v) is 5.63. The van der Waals surface area contributed by atoms with Crippen molar-refractivity contribution in [1.29, 1.82) is 0 Å². The first-order chi connectivity index (χ1) is 14.8. The molecular formula is C24H26N4OS. The summed E-state index contributed by atoms with van der Waals surface area (Å²) in [6, 6.07) is 18.8. The molecule has 1 aliphatic heterocycles. The molecule has 2 heterocycles. The molecule has 0 unspecified atom stereocenters. The summed E-state index contributed by atoms with van der Waals surface area (Å²) in [6.07, 6.45) is 7.74. The number of rotatable bonds is 4. The van der Waals surface area contributed by atoms with E-state index in [1.807, 2.05) is 36.4 Å². The highest BCUT2D eigenvalue weighted by atomic mass is 32.2. The fourth-order valence-electron chi connectivity index (χ4n) is 4.54. The molecule has 6 heteroatoms. The lowest BCUT2D eigenvalue weighted by Gasteiger charge is -2.26. The number of thioether (sulfide) groups is 1. The average Bonchev–Trinajstić information content (AvgIpc) is 3.14. The minimum absolute atomic E-state index is 0.0596. The Labute approximate surface area is 181 Å². The lowest BCUT2D eigenvalue weighted by atomic mass is 9.95. The van der Waals surface area contributed by atoms with E-state index in [0.29, 0.717) is 6.04 Å². The van der Waals surface area contributed by atoms with Crippen LogP contribution in [-0.2, 0) is 11.2 Å². The molecule has 5 rings (SSSR count). The van der Waals surface area contributed by atoms with Gasteiger partial charge in [-0.1, -0.05) is 79.6 Å². The number of hydrogen-bond acceptors (Lipinski definition) is 4. The van der Waals surface area contributed by atoms with Gasteiger partial charge in [0, 0.05) is 17.3 Å². The van der Waals surface area contributed by atoms with E-state index < -0.39 is 0 Å². The van der Waals surface area contributed by atoms with Gasteiger partial charge >= 0.3 is 0 Å². The Morgan fingerprint density at radius 2 is 1.67 bits per heavy atom. The third kappa shape index (κ3) is 3.88. The first-order valence-corrected chi connectivity index (χ1v) is 11.7. The summed E-state index contributed by atoms with van der Waals surface area (Å²) in [7, 11) is 0. The maximum atomic E-state index is 13.0. The van der Waals surface area contributed by atoms with Crippen LogP contribution < -0.4 is 5.32 Å². The standard InChI is InChI=1S/C24H26N4OS/c29-23-21(16-15-17-9-7-8-14-20(17)25-23)30-24-27-26-22(18-10-3-1-4-11-18)28(24)19-12-5-2-6-13-19/h1,3-4,7-11,14,19,21H,2,5-6,12-13,15-16H2,(H,25,29)/t21-/m1/s1. The lowest BCUT2D eigenvalue weighted by Crippen LogP contribution is -2.24. The van der Waals surface area contributed by atoms with Gasteiger partial charge in [-0.15, -0.1) is 10.2 Å². The van der Waals surface area contributed by atoms with Gasteiger partial charge in [0.2, 0.25) is 5.91 Å². The predicted molar refractivity (Wildman–Crippen MR) is 121 cm³/mol. The van der Waals surface area contributed by atoms with Crippen molar-refractivity contribution in [3.8, 4) is 11.4 Å². The van der Waals surface area contributed by atoms with E-state index in [1.54, 1.807) is 11.8 Å². The van der Waals surface area contributed by atoms with Crippen LogP contribution in [0.4, 0.5) is 5.69 Å². The first kappa shape index (κ1) is 19.4. The first-order valence-electron chi connectivity index (χ1n) is 10.9. The Morgan fingerprint density at radius 3 is 2.50 bits per heavy atom. The molecule has 0 radical (unpaired) electrons. The second-order valence-corrected chi connectivity index (χ2v) is 9.30. The van der Waals surface area contributed by atoms with E-state index in [-0.39, 0.29) is 11.2 Å². The molecule has 1 aliphatic carbocycles. The summed E-state index contributed by atoms with van der Waals surface area (Å²) < 4.78 is 2.31. The van der Waals surface area contributed by atoms with Crippen LogP contribution in [0.5, 0.6) is 0 Å². The van der Waals surface area contributed by atoms with Gasteiger partial charge < -0.3 is 5.32 Å². The van der Waals surface area contributed by atoms with Crippen LogP contribution >= 0.6 is 11.8 Å². The van der Waals surface area contributed by atoms with Crippen LogP contribution in [-0.4, -0.2) is 25.9 Å². The highest BCUT2D eigenvalue weighted by Crippen LogP contribution is 2.38. The summed E-state index contributed by atoms with van der Waals surface area (Å²) in [6.45, 7) is 0. The summed E-state index contributed by atoms with van der Waals surface area (Å²) in [5.41, 5.74) is 3.22. The second kappa shape index (κ2) is 8.64. The number of carbonyl (C=O) groups excluding carboxylic acids is 1. The summed E-state index contributed by atoms with van der Waals surface area (Å²) >= 11 is 1.57. The smallest absolute Gasteiger partial charge is 0.237 e. The number of para-hydroxylation sites is 1.